The molecule has 0 atom stereocenters. The molecule has 17 heavy (non-hydrogen) atoms. The maximum atomic E-state index is 11.6. The normalized spacial score (nSPS) is 10.5. The number of carbonyl (C=O) groups excluding carboxylic acids is 1. The summed E-state index contributed by atoms with van der Waals surface area (Å²) in [7, 11) is 0. The molecule has 1 aromatic heterocycles. The van der Waals surface area contributed by atoms with Crippen LogP contribution in [0.5, 0.6) is 5.75 Å². The van der Waals surface area contributed by atoms with Crippen molar-refractivity contribution in [3.63, 3.8) is 0 Å². The molecule has 88 valence electrons. The molecule has 2 aromatic rings. The molecule has 0 unspecified atom stereocenters. The van der Waals surface area contributed by atoms with Crippen molar-refractivity contribution in [3.05, 3.63) is 35.0 Å². The molecular formula is C12H10ClNO3. The molecule has 1 aromatic carbocycles. The predicted octanol–water partition coefficient (Wildman–Crippen LogP) is 2.77. The number of benzene rings is 1. The first kappa shape index (κ1) is 11.7. The molecule has 1 N–H and O–H groups in total. The van der Waals surface area contributed by atoms with Gasteiger partial charge < -0.3 is 9.84 Å². The monoisotopic (exact) mass is 251 g/mol. The van der Waals surface area contributed by atoms with Crippen LogP contribution in [0, 0.1) is 0 Å². The highest BCUT2D eigenvalue weighted by Gasteiger charge is 2.20. The Morgan fingerprint density at radius 3 is 2.88 bits per heavy atom. The third-order valence-corrected chi connectivity index (χ3v) is 2.57. The number of halogens is 1. The number of aromatic nitrogens is 1. The summed E-state index contributed by atoms with van der Waals surface area (Å²) in [6.45, 7) is 1.89. The van der Waals surface area contributed by atoms with E-state index < -0.39 is 5.97 Å². The standard InChI is InChI=1S/C12H10ClNO3/c1-2-17-12(16)9-10(15)7-5-3-4-6-8(7)14-11(9)13/h3-6H,2H2,1H3,(H,14,15). The summed E-state index contributed by atoms with van der Waals surface area (Å²) >= 11 is 5.87. The third-order valence-electron chi connectivity index (χ3n) is 2.30. The number of carbonyl (C=O) groups is 1. The zero-order valence-corrected chi connectivity index (χ0v) is 9.86. The van der Waals surface area contributed by atoms with Crippen molar-refractivity contribution in [2.75, 3.05) is 6.61 Å². The van der Waals surface area contributed by atoms with E-state index >= 15 is 0 Å². The highest BCUT2D eigenvalue weighted by molar-refractivity contribution is 6.33. The van der Waals surface area contributed by atoms with Crippen LogP contribution >= 0.6 is 11.6 Å². The molecule has 1 heterocycles. The minimum atomic E-state index is -0.673. The van der Waals surface area contributed by atoms with Crippen LogP contribution in [-0.4, -0.2) is 22.7 Å². The van der Waals surface area contributed by atoms with Gasteiger partial charge in [0.1, 0.15) is 16.5 Å². The molecule has 0 radical (unpaired) electrons. The first-order valence-corrected chi connectivity index (χ1v) is 5.47. The Balaban J connectivity index is 2.67. The van der Waals surface area contributed by atoms with E-state index in [2.05, 4.69) is 4.98 Å². The van der Waals surface area contributed by atoms with Crippen molar-refractivity contribution in [1.82, 2.24) is 4.98 Å². The van der Waals surface area contributed by atoms with Gasteiger partial charge in [0.25, 0.3) is 0 Å². The van der Waals surface area contributed by atoms with Crippen LogP contribution in [0.3, 0.4) is 0 Å². The molecule has 0 bridgehead atoms. The highest BCUT2D eigenvalue weighted by atomic mass is 35.5. The fourth-order valence-corrected chi connectivity index (χ4v) is 1.81. The highest BCUT2D eigenvalue weighted by Crippen LogP contribution is 2.32. The largest absolute Gasteiger partial charge is 0.506 e. The Morgan fingerprint density at radius 1 is 1.47 bits per heavy atom. The minimum Gasteiger partial charge on any atom is -0.506 e. The van der Waals surface area contributed by atoms with Crippen LogP contribution < -0.4 is 0 Å². The quantitative estimate of drug-likeness (QED) is 0.659. The van der Waals surface area contributed by atoms with Gasteiger partial charge in [-0.1, -0.05) is 23.7 Å². The Labute approximate surface area is 103 Å². The van der Waals surface area contributed by atoms with Gasteiger partial charge in [0.15, 0.2) is 0 Å². The van der Waals surface area contributed by atoms with Crippen molar-refractivity contribution in [3.8, 4) is 5.75 Å². The second-order valence-electron chi connectivity index (χ2n) is 3.36. The number of pyridine rings is 1. The lowest BCUT2D eigenvalue weighted by Gasteiger charge is -2.08. The molecule has 0 aliphatic rings. The average molecular weight is 252 g/mol. The minimum absolute atomic E-state index is 0.0559. The van der Waals surface area contributed by atoms with E-state index in [1.807, 2.05) is 0 Å². The Kier molecular flexibility index (Phi) is 3.15. The van der Waals surface area contributed by atoms with E-state index in [1.54, 1.807) is 31.2 Å². The molecule has 5 heteroatoms. The number of para-hydroxylation sites is 1. The van der Waals surface area contributed by atoms with Crippen LogP contribution in [0.2, 0.25) is 5.15 Å². The molecule has 0 aliphatic heterocycles. The van der Waals surface area contributed by atoms with E-state index in [-0.39, 0.29) is 23.1 Å². The van der Waals surface area contributed by atoms with Crippen LogP contribution in [0.25, 0.3) is 10.9 Å². The summed E-state index contributed by atoms with van der Waals surface area (Å²) in [6.07, 6.45) is 0. The van der Waals surface area contributed by atoms with E-state index in [9.17, 15) is 9.90 Å². The molecule has 4 nitrogen and oxygen atoms in total. The summed E-state index contributed by atoms with van der Waals surface area (Å²) < 4.78 is 4.82. The second kappa shape index (κ2) is 4.59. The van der Waals surface area contributed by atoms with Gasteiger partial charge in [0, 0.05) is 5.39 Å². The number of hydrogen-bond acceptors (Lipinski definition) is 4. The number of hydrogen-bond donors (Lipinski definition) is 1. The molecular weight excluding hydrogens is 242 g/mol. The van der Waals surface area contributed by atoms with Gasteiger partial charge in [-0.25, -0.2) is 9.78 Å². The van der Waals surface area contributed by atoms with Crippen molar-refractivity contribution in [1.29, 1.82) is 0 Å². The topological polar surface area (TPSA) is 59.4 Å². The zero-order chi connectivity index (χ0) is 12.4. The lowest BCUT2D eigenvalue weighted by molar-refractivity contribution is 0.0523. The number of esters is 1. The van der Waals surface area contributed by atoms with Crippen LogP contribution in [0.15, 0.2) is 24.3 Å². The summed E-state index contributed by atoms with van der Waals surface area (Å²) in [6, 6.07) is 6.88. The Hall–Kier alpha value is -1.81. The number of rotatable bonds is 2. The SMILES string of the molecule is CCOC(=O)c1c(Cl)nc2ccccc2c1O. The third kappa shape index (κ3) is 2.03. The van der Waals surface area contributed by atoms with Crippen molar-refractivity contribution >= 4 is 28.5 Å². The Morgan fingerprint density at radius 2 is 2.18 bits per heavy atom. The van der Waals surface area contributed by atoms with Gasteiger partial charge >= 0.3 is 5.97 Å². The number of ether oxygens (including phenoxy) is 1. The average Bonchev–Trinajstić information content (AvgIpc) is 2.29. The van der Waals surface area contributed by atoms with E-state index in [1.165, 1.54) is 0 Å². The van der Waals surface area contributed by atoms with Crippen molar-refractivity contribution in [2.24, 2.45) is 0 Å². The van der Waals surface area contributed by atoms with Crippen molar-refractivity contribution in [2.45, 2.75) is 6.92 Å². The van der Waals surface area contributed by atoms with E-state index in [0.717, 1.165) is 0 Å². The van der Waals surface area contributed by atoms with Gasteiger partial charge in [-0.15, -0.1) is 0 Å². The number of fused-ring (bicyclic) bond motifs is 1. The zero-order valence-electron chi connectivity index (χ0n) is 9.11. The molecule has 0 fully saturated rings. The van der Waals surface area contributed by atoms with Gasteiger partial charge in [-0.2, -0.15) is 0 Å². The van der Waals surface area contributed by atoms with Gasteiger partial charge in [-0.05, 0) is 19.1 Å². The maximum Gasteiger partial charge on any atom is 0.345 e. The molecule has 0 saturated heterocycles. The van der Waals surface area contributed by atoms with Crippen molar-refractivity contribution < 1.29 is 14.6 Å². The summed E-state index contributed by atoms with van der Waals surface area (Å²) in [5.74, 6) is -0.868. The number of nitrogens with zero attached hydrogens (tertiary/aromatic N) is 1. The first-order valence-electron chi connectivity index (χ1n) is 5.09. The maximum absolute atomic E-state index is 11.6. The fourth-order valence-electron chi connectivity index (χ4n) is 1.55. The lowest BCUT2D eigenvalue weighted by Crippen LogP contribution is -2.07. The van der Waals surface area contributed by atoms with Crippen LogP contribution in [-0.2, 0) is 4.74 Å². The van der Waals surface area contributed by atoms with Crippen LogP contribution in [0.1, 0.15) is 17.3 Å². The summed E-state index contributed by atoms with van der Waals surface area (Å²) in [4.78, 5) is 15.7. The fraction of sp³-hybridized carbons (Fsp3) is 0.167. The van der Waals surface area contributed by atoms with Crippen LogP contribution in [0.4, 0.5) is 0 Å². The van der Waals surface area contributed by atoms with E-state index in [4.69, 9.17) is 16.3 Å². The summed E-state index contributed by atoms with van der Waals surface area (Å²) in [5.41, 5.74) is 0.440. The molecule has 2 rings (SSSR count). The van der Waals surface area contributed by atoms with Gasteiger partial charge in [0.2, 0.25) is 0 Å². The molecule has 0 saturated carbocycles. The lowest BCUT2D eigenvalue weighted by atomic mass is 10.1. The smallest absolute Gasteiger partial charge is 0.345 e. The molecule has 0 spiro atoms. The predicted molar refractivity (Wildman–Crippen MR) is 64.4 cm³/mol. The van der Waals surface area contributed by atoms with E-state index in [0.29, 0.717) is 10.9 Å². The van der Waals surface area contributed by atoms with Gasteiger partial charge in [-0.3, -0.25) is 0 Å². The number of aromatic hydroxyl groups is 1. The molecule has 0 aliphatic carbocycles. The summed E-state index contributed by atoms with van der Waals surface area (Å²) in [5, 5.41) is 10.4. The van der Waals surface area contributed by atoms with Gasteiger partial charge in [0.05, 0.1) is 12.1 Å². The second-order valence-corrected chi connectivity index (χ2v) is 3.72. The molecule has 0 amide bonds. The first-order chi connectivity index (χ1) is 8.15. The Bertz CT molecular complexity index is 583.